The quantitative estimate of drug-likeness (QED) is 0.879. The van der Waals surface area contributed by atoms with Gasteiger partial charge in [-0.1, -0.05) is 29.4 Å². The van der Waals surface area contributed by atoms with Crippen LogP contribution in [0.1, 0.15) is 12.5 Å². The molecule has 0 saturated carbocycles. The summed E-state index contributed by atoms with van der Waals surface area (Å²) in [6.45, 7) is 2.04. The third kappa shape index (κ3) is 2.65. The Morgan fingerprint density at radius 2 is 2.29 bits per heavy atom. The van der Waals surface area contributed by atoms with E-state index in [-0.39, 0.29) is 6.10 Å². The second-order valence-electron chi connectivity index (χ2n) is 4.05. The second kappa shape index (κ2) is 5.01. The predicted octanol–water partition coefficient (Wildman–Crippen LogP) is 2.50. The number of benzene rings is 1. The Kier molecular flexibility index (Phi) is 3.44. The van der Waals surface area contributed by atoms with Gasteiger partial charge in [0.1, 0.15) is 0 Å². The van der Waals surface area contributed by atoms with Gasteiger partial charge in [0.05, 0.1) is 17.9 Å². The molecule has 0 fully saturated rings. The van der Waals surface area contributed by atoms with Gasteiger partial charge in [0.15, 0.2) is 0 Å². The summed E-state index contributed by atoms with van der Waals surface area (Å²) in [5, 5.41) is 3.68. The minimum absolute atomic E-state index is 0.199. The van der Waals surface area contributed by atoms with Crippen LogP contribution in [0.4, 0.5) is 5.88 Å². The molecule has 0 aliphatic heterocycles. The lowest BCUT2D eigenvalue weighted by Gasteiger charge is -2.10. The van der Waals surface area contributed by atoms with Crippen molar-refractivity contribution in [1.29, 1.82) is 0 Å². The van der Waals surface area contributed by atoms with Crippen molar-refractivity contribution in [1.82, 2.24) is 5.16 Å². The van der Waals surface area contributed by atoms with E-state index in [0.717, 1.165) is 17.5 Å². The Labute approximate surface area is 100 Å². The Morgan fingerprint density at radius 1 is 1.47 bits per heavy atom. The van der Waals surface area contributed by atoms with Crippen LogP contribution < -0.4 is 5.73 Å². The molecule has 1 unspecified atom stereocenters. The summed E-state index contributed by atoms with van der Waals surface area (Å²) in [7, 11) is 1.71. The van der Waals surface area contributed by atoms with E-state index in [2.05, 4.69) is 17.3 Å². The van der Waals surface area contributed by atoms with Crippen LogP contribution in [0.15, 0.2) is 35.0 Å². The first kappa shape index (κ1) is 11.7. The van der Waals surface area contributed by atoms with Gasteiger partial charge in [-0.2, -0.15) is 0 Å². The second-order valence-corrected chi connectivity index (χ2v) is 4.05. The van der Waals surface area contributed by atoms with Crippen molar-refractivity contribution in [2.24, 2.45) is 0 Å². The number of anilines is 1. The van der Waals surface area contributed by atoms with Crippen LogP contribution in [-0.2, 0) is 11.2 Å². The van der Waals surface area contributed by atoms with Crippen molar-refractivity contribution in [2.45, 2.75) is 19.4 Å². The first-order chi connectivity index (χ1) is 8.20. The summed E-state index contributed by atoms with van der Waals surface area (Å²) >= 11 is 0. The van der Waals surface area contributed by atoms with E-state index >= 15 is 0 Å². The summed E-state index contributed by atoms with van der Waals surface area (Å²) in [6, 6.07) is 8.14. The molecule has 4 nitrogen and oxygen atoms in total. The third-order valence-corrected chi connectivity index (χ3v) is 2.76. The maximum absolute atomic E-state index is 5.70. The van der Waals surface area contributed by atoms with Crippen LogP contribution in [0, 0.1) is 0 Å². The molecule has 1 atom stereocenters. The van der Waals surface area contributed by atoms with Crippen LogP contribution in [-0.4, -0.2) is 18.4 Å². The average molecular weight is 232 g/mol. The molecular formula is C13H16N2O2. The zero-order chi connectivity index (χ0) is 12.3. The molecule has 2 aromatic rings. The average Bonchev–Trinajstić information content (AvgIpc) is 2.75. The number of methoxy groups -OCH3 is 1. The molecular weight excluding hydrogens is 216 g/mol. The molecule has 0 radical (unpaired) electrons. The summed E-state index contributed by atoms with van der Waals surface area (Å²) in [4.78, 5) is 0. The fraction of sp³-hybridized carbons (Fsp3) is 0.308. The van der Waals surface area contributed by atoms with E-state index in [1.807, 2.05) is 19.1 Å². The molecule has 0 spiro atoms. The Bertz CT molecular complexity index is 494. The minimum Gasteiger partial charge on any atom is -0.381 e. The van der Waals surface area contributed by atoms with E-state index in [4.69, 9.17) is 15.0 Å². The van der Waals surface area contributed by atoms with Crippen molar-refractivity contribution < 1.29 is 9.26 Å². The van der Waals surface area contributed by atoms with Gasteiger partial charge in [-0.3, -0.25) is 0 Å². The molecule has 0 aliphatic carbocycles. The Morgan fingerprint density at radius 3 is 2.94 bits per heavy atom. The zero-order valence-electron chi connectivity index (χ0n) is 10.0. The molecule has 0 amide bonds. The molecule has 17 heavy (non-hydrogen) atoms. The first-order valence-corrected chi connectivity index (χ1v) is 5.53. The third-order valence-electron chi connectivity index (χ3n) is 2.76. The molecule has 0 saturated heterocycles. The molecule has 1 aromatic heterocycles. The van der Waals surface area contributed by atoms with Gasteiger partial charge in [0.25, 0.3) is 0 Å². The normalized spacial score (nSPS) is 12.6. The number of aromatic nitrogens is 1. The maximum Gasteiger partial charge on any atom is 0.229 e. The van der Waals surface area contributed by atoms with E-state index in [1.165, 1.54) is 5.56 Å². The van der Waals surface area contributed by atoms with E-state index < -0.39 is 0 Å². The van der Waals surface area contributed by atoms with Crippen LogP contribution in [0.25, 0.3) is 11.1 Å². The van der Waals surface area contributed by atoms with Gasteiger partial charge in [0, 0.05) is 7.11 Å². The van der Waals surface area contributed by atoms with Crippen molar-refractivity contribution in [3.8, 4) is 11.1 Å². The van der Waals surface area contributed by atoms with E-state index in [1.54, 1.807) is 13.3 Å². The molecule has 0 aliphatic rings. The summed E-state index contributed by atoms with van der Waals surface area (Å²) < 4.78 is 10.1. The van der Waals surface area contributed by atoms with E-state index in [0.29, 0.717) is 5.88 Å². The number of ether oxygens (including phenoxy) is 1. The molecule has 90 valence electrons. The van der Waals surface area contributed by atoms with Crippen molar-refractivity contribution >= 4 is 5.88 Å². The fourth-order valence-electron chi connectivity index (χ4n) is 1.75. The number of nitrogens with zero attached hydrogens (tertiary/aromatic N) is 1. The number of rotatable bonds is 4. The standard InChI is InChI=1S/C13H16N2O2/c1-9(16-2)6-10-4-3-5-11(7-10)12-8-15-17-13(12)14/h3-5,7-9H,6,14H2,1-2H3. The van der Waals surface area contributed by atoms with Gasteiger partial charge in [-0.25, -0.2) is 0 Å². The predicted molar refractivity (Wildman–Crippen MR) is 66.5 cm³/mol. The van der Waals surface area contributed by atoms with Crippen molar-refractivity contribution in [3.05, 3.63) is 36.0 Å². The molecule has 1 heterocycles. The van der Waals surface area contributed by atoms with Gasteiger partial charge >= 0.3 is 0 Å². The number of nitrogen functional groups attached to an aromatic ring is 1. The first-order valence-electron chi connectivity index (χ1n) is 5.53. The number of hydrogen-bond donors (Lipinski definition) is 1. The highest BCUT2D eigenvalue weighted by atomic mass is 16.5. The summed E-state index contributed by atoms with van der Waals surface area (Å²) in [6.07, 6.45) is 2.70. The van der Waals surface area contributed by atoms with Crippen molar-refractivity contribution in [2.75, 3.05) is 12.8 Å². The smallest absolute Gasteiger partial charge is 0.229 e. The molecule has 0 bridgehead atoms. The molecule has 2 rings (SSSR count). The Hall–Kier alpha value is -1.81. The zero-order valence-corrected chi connectivity index (χ0v) is 10.0. The number of nitrogens with two attached hydrogens (primary N) is 1. The van der Waals surface area contributed by atoms with Crippen LogP contribution >= 0.6 is 0 Å². The molecule has 2 N–H and O–H groups in total. The highest BCUT2D eigenvalue weighted by Gasteiger charge is 2.08. The van der Waals surface area contributed by atoms with Crippen molar-refractivity contribution in [3.63, 3.8) is 0 Å². The molecule has 1 aromatic carbocycles. The lowest BCUT2D eigenvalue weighted by atomic mass is 10.0. The SMILES string of the molecule is COC(C)Cc1cccc(-c2cnoc2N)c1. The van der Waals surface area contributed by atoms with Gasteiger partial charge in [0.2, 0.25) is 5.88 Å². The van der Waals surface area contributed by atoms with Crippen LogP contribution in [0.5, 0.6) is 0 Å². The van der Waals surface area contributed by atoms with Crippen LogP contribution in [0.3, 0.4) is 0 Å². The lowest BCUT2D eigenvalue weighted by molar-refractivity contribution is 0.119. The molecule has 4 heteroatoms. The van der Waals surface area contributed by atoms with Gasteiger partial charge < -0.3 is 15.0 Å². The van der Waals surface area contributed by atoms with Gasteiger partial charge in [-0.05, 0) is 24.5 Å². The summed E-state index contributed by atoms with van der Waals surface area (Å²) in [5.74, 6) is 0.349. The Balaban J connectivity index is 2.26. The highest BCUT2D eigenvalue weighted by molar-refractivity contribution is 5.72. The summed E-state index contributed by atoms with van der Waals surface area (Å²) in [5.41, 5.74) is 8.75. The lowest BCUT2D eigenvalue weighted by Crippen LogP contribution is -2.08. The van der Waals surface area contributed by atoms with Crippen LogP contribution in [0.2, 0.25) is 0 Å². The minimum atomic E-state index is 0.199. The number of hydrogen-bond acceptors (Lipinski definition) is 4. The largest absolute Gasteiger partial charge is 0.381 e. The highest BCUT2D eigenvalue weighted by Crippen LogP contribution is 2.26. The monoisotopic (exact) mass is 232 g/mol. The van der Waals surface area contributed by atoms with E-state index in [9.17, 15) is 0 Å². The van der Waals surface area contributed by atoms with Gasteiger partial charge in [-0.15, -0.1) is 0 Å². The maximum atomic E-state index is 5.70. The fourth-order valence-corrected chi connectivity index (χ4v) is 1.75. The topological polar surface area (TPSA) is 61.3 Å².